The van der Waals surface area contributed by atoms with Crippen LogP contribution in [0.1, 0.15) is 39.5 Å². The second kappa shape index (κ2) is 7.38. The van der Waals surface area contributed by atoms with Gasteiger partial charge in [0.2, 0.25) is 5.91 Å². The quantitative estimate of drug-likeness (QED) is 0.815. The first-order valence-corrected chi connectivity index (χ1v) is 9.16. The topological polar surface area (TPSA) is 52.7 Å². The normalized spacial score (nSPS) is 23.0. The van der Waals surface area contributed by atoms with Gasteiger partial charge in [-0.3, -0.25) is 4.79 Å². The molecule has 0 spiro atoms. The van der Waals surface area contributed by atoms with Crippen LogP contribution in [0.5, 0.6) is 0 Å². The number of amides is 3. The number of thioether (sulfide) groups is 1. The molecular weight excluding hydrogens is 286 g/mol. The van der Waals surface area contributed by atoms with Crippen molar-refractivity contribution in [3.63, 3.8) is 0 Å². The first kappa shape index (κ1) is 16.5. The highest BCUT2D eigenvalue weighted by atomic mass is 32.2. The third-order valence-corrected chi connectivity index (χ3v) is 5.35. The Labute approximate surface area is 131 Å². The summed E-state index contributed by atoms with van der Waals surface area (Å²) in [7, 11) is 0. The number of carbonyl (C=O) groups excluding carboxylic acids is 2. The molecule has 0 unspecified atom stereocenters. The predicted octanol–water partition coefficient (Wildman–Crippen LogP) is 1.92. The SMILES string of the molecule is CS[C@@H](C)CNC(=O)N1CCC[C@@H]1CN(C(C)=O)C1CC1. The second-order valence-corrected chi connectivity index (χ2v) is 7.40. The Balaban J connectivity index is 1.87. The Morgan fingerprint density at radius 3 is 2.67 bits per heavy atom. The zero-order valence-electron chi connectivity index (χ0n) is 13.3. The van der Waals surface area contributed by atoms with Crippen molar-refractivity contribution in [3.8, 4) is 0 Å². The monoisotopic (exact) mass is 313 g/mol. The van der Waals surface area contributed by atoms with E-state index in [0.29, 0.717) is 24.4 Å². The van der Waals surface area contributed by atoms with Gasteiger partial charge in [0.05, 0.1) is 6.04 Å². The third kappa shape index (κ3) is 4.53. The maximum atomic E-state index is 12.3. The van der Waals surface area contributed by atoms with Crippen molar-refractivity contribution < 1.29 is 9.59 Å². The van der Waals surface area contributed by atoms with Gasteiger partial charge in [-0.1, -0.05) is 6.92 Å². The summed E-state index contributed by atoms with van der Waals surface area (Å²) in [6, 6.07) is 0.626. The van der Waals surface area contributed by atoms with Gasteiger partial charge < -0.3 is 15.1 Å². The fraction of sp³-hybridized carbons (Fsp3) is 0.867. The van der Waals surface area contributed by atoms with Gasteiger partial charge in [-0.15, -0.1) is 0 Å². The van der Waals surface area contributed by atoms with Crippen LogP contribution in [0.25, 0.3) is 0 Å². The zero-order chi connectivity index (χ0) is 15.4. The van der Waals surface area contributed by atoms with Crippen molar-refractivity contribution in [2.45, 2.75) is 56.9 Å². The Kier molecular flexibility index (Phi) is 5.79. The first-order valence-electron chi connectivity index (χ1n) is 7.87. The molecule has 6 heteroatoms. The maximum absolute atomic E-state index is 12.3. The number of likely N-dealkylation sites (tertiary alicyclic amines) is 1. The number of nitrogens with zero attached hydrogens (tertiary/aromatic N) is 2. The standard InChI is InChI=1S/C15H27N3O2S/c1-11(21-3)9-16-15(20)17-8-4-5-14(17)10-18(12(2)19)13-6-7-13/h11,13-14H,4-10H2,1-3H3,(H,16,20)/t11-,14+/m0/s1. The Bertz CT molecular complexity index is 387. The molecule has 0 aromatic rings. The highest BCUT2D eigenvalue weighted by molar-refractivity contribution is 7.99. The number of rotatable bonds is 6. The molecule has 1 heterocycles. The lowest BCUT2D eigenvalue weighted by Crippen LogP contribution is -2.49. The molecule has 1 saturated heterocycles. The average molecular weight is 313 g/mol. The smallest absolute Gasteiger partial charge is 0.317 e. The van der Waals surface area contributed by atoms with E-state index >= 15 is 0 Å². The van der Waals surface area contributed by atoms with E-state index in [4.69, 9.17) is 0 Å². The molecule has 5 nitrogen and oxygen atoms in total. The Morgan fingerprint density at radius 2 is 2.10 bits per heavy atom. The molecule has 0 radical (unpaired) electrons. The minimum atomic E-state index is 0.0256. The molecule has 21 heavy (non-hydrogen) atoms. The number of hydrogen-bond donors (Lipinski definition) is 1. The van der Waals surface area contributed by atoms with Crippen LogP contribution in [0, 0.1) is 0 Å². The number of nitrogens with one attached hydrogen (secondary N) is 1. The molecule has 0 aromatic carbocycles. The molecule has 2 aliphatic rings. The lowest BCUT2D eigenvalue weighted by atomic mass is 10.2. The Morgan fingerprint density at radius 1 is 1.38 bits per heavy atom. The largest absolute Gasteiger partial charge is 0.338 e. The summed E-state index contributed by atoms with van der Waals surface area (Å²) >= 11 is 1.75. The van der Waals surface area contributed by atoms with Crippen molar-refractivity contribution in [1.29, 1.82) is 0 Å². The maximum Gasteiger partial charge on any atom is 0.317 e. The van der Waals surface area contributed by atoms with E-state index in [-0.39, 0.29) is 18.0 Å². The van der Waals surface area contributed by atoms with Crippen molar-refractivity contribution in [2.75, 3.05) is 25.9 Å². The van der Waals surface area contributed by atoms with Crippen molar-refractivity contribution in [2.24, 2.45) is 0 Å². The third-order valence-electron chi connectivity index (χ3n) is 4.38. The summed E-state index contributed by atoms with van der Waals surface area (Å²) in [5.41, 5.74) is 0. The van der Waals surface area contributed by atoms with Crippen LogP contribution in [0.4, 0.5) is 4.79 Å². The lowest BCUT2D eigenvalue weighted by Gasteiger charge is -2.30. The summed E-state index contributed by atoms with van der Waals surface area (Å²) in [6.45, 7) is 5.95. The molecule has 1 aliphatic heterocycles. The van der Waals surface area contributed by atoms with E-state index in [1.807, 2.05) is 9.80 Å². The van der Waals surface area contributed by atoms with Crippen molar-refractivity contribution in [1.82, 2.24) is 15.1 Å². The zero-order valence-corrected chi connectivity index (χ0v) is 14.1. The molecule has 1 N–H and O–H groups in total. The van der Waals surface area contributed by atoms with Gasteiger partial charge in [-0.25, -0.2) is 4.79 Å². The van der Waals surface area contributed by atoms with Crippen LogP contribution < -0.4 is 5.32 Å². The van der Waals surface area contributed by atoms with Crippen LogP contribution in [0.2, 0.25) is 0 Å². The van der Waals surface area contributed by atoms with Crippen LogP contribution in [0.3, 0.4) is 0 Å². The number of urea groups is 1. The average Bonchev–Trinajstić information content (AvgIpc) is 3.19. The van der Waals surface area contributed by atoms with Gasteiger partial charge in [-0.2, -0.15) is 11.8 Å². The van der Waals surface area contributed by atoms with E-state index in [2.05, 4.69) is 18.5 Å². The van der Waals surface area contributed by atoms with Crippen LogP contribution in [-0.4, -0.2) is 65.0 Å². The summed E-state index contributed by atoms with van der Waals surface area (Å²) in [5.74, 6) is 0.140. The highest BCUT2D eigenvalue weighted by Gasteiger charge is 2.36. The minimum Gasteiger partial charge on any atom is -0.338 e. The van der Waals surface area contributed by atoms with E-state index < -0.39 is 0 Å². The molecule has 2 rings (SSSR count). The van der Waals surface area contributed by atoms with Gasteiger partial charge in [-0.05, 0) is 31.9 Å². The molecule has 0 bridgehead atoms. The lowest BCUT2D eigenvalue weighted by molar-refractivity contribution is -0.130. The molecular formula is C15H27N3O2S. The molecule has 1 saturated carbocycles. The fourth-order valence-electron chi connectivity index (χ4n) is 2.86. The molecule has 2 atom stereocenters. The predicted molar refractivity (Wildman–Crippen MR) is 86.5 cm³/mol. The summed E-state index contributed by atoms with van der Waals surface area (Å²) in [4.78, 5) is 27.9. The van der Waals surface area contributed by atoms with Crippen molar-refractivity contribution >= 4 is 23.7 Å². The van der Waals surface area contributed by atoms with Crippen LogP contribution in [0.15, 0.2) is 0 Å². The Hall–Kier alpha value is -0.910. The van der Waals surface area contributed by atoms with Crippen LogP contribution in [-0.2, 0) is 4.79 Å². The first-order chi connectivity index (χ1) is 10.0. The van der Waals surface area contributed by atoms with Crippen molar-refractivity contribution in [3.05, 3.63) is 0 Å². The molecule has 0 aromatic heterocycles. The van der Waals surface area contributed by atoms with Crippen LogP contribution >= 0.6 is 11.8 Å². The molecule has 2 fully saturated rings. The minimum absolute atomic E-state index is 0.0256. The molecule has 3 amide bonds. The van der Waals surface area contributed by atoms with Gasteiger partial charge in [0.1, 0.15) is 0 Å². The summed E-state index contributed by atoms with van der Waals surface area (Å²) in [5, 5.41) is 3.44. The van der Waals surface area contributed by atoms with Gasteiger partial charge >= 0.3 is 6.03 Å². The van der Waals surface area contributed by atoms with Gasteiger partial charge in [0, 0.05) is 37.8 Å². The van der Waals surface area contributed by atoms with E-state index in [9.17, 15) is 9.59 Å². The molecule has 1 aliphatic carbocycles. The van der Waals surface area contributed by atoms with Gasteiger partial charge in [0.15, 0.2) is 0 Å². The van der Waals surface area contributed by atoms with E-state index in [0.717, 1.165) is 32.2 Å². The molecule has 120 valence electrons. The summed E-state index contributed by atoms with van der Waals surface area (Å²) < 4.78 is 0. The number of hydrogen-bond acceptors (Lipinski definition) is 3. The second-order valence-electron chi connectivity index (χ2n) is 6.12. The fourth-order valence-corrected chi connectivity index (χ4v) is 3.11. The highest BCUT2D eigenvalue weighted by Crippen LogP contribution is 2.29. The van der Waals surface area contributed by atoms with E-state index in [1.54, 1.807) is 18.7 Å². The van der Waals surface area contributed by atoms with E-state index in [1.165, 1.54) is 0 Å². The summed E-state index contributed by atoms with van der Waals surface area (Å²) in [6.07, 6.45) is 6.32. The van der Waals surface area contributed by atoms with Gasteiger partial charge in [0.25, 0.3) is 0 Å². The number of carbonyl (C=O) groups is 2.